The van der Waals surface area contributed by atoms with Crippen LogP contribution in [0.2, 0.25) is 0 Å². The molecule has 0 saturated heterocycles. The zero-order chi connectivity index (χ0) is 7.86. The Hall–Kier alpha value is -0.790. The van der Waals surface area contributed by atoms with Gasteiger partial charge in [-0.3, -0.25) is 0 Å². The molecule has 0 atom stereocenters. The molecule has 2 N–H and O–H groups in total. The first-order chi connectivity index (χ1) is 4.18. The largest absolute Gasteiger partial charge is 0.397 e. The van der Waals surface area contributed by atoms with Crippen molar-refractivity contribution in [2.24, 2.45) is 5.73 Å². The molecular weight excluding hydrogens is 117 g/mol. The predicted molar refractivity (Wildman–Crippen MR) is 39.5 cm³/mol. The van der Waals surface area contributed by atoms with E-state index in [4.69, 9.17) is 5.73 Å². The van der Waals surface area contributed by atoms with Gasteiger partial charge in [-0.1, -0.05) is 20.4 Å². The lowest BCUT2D eigenvalue weighted by Gasteiger charge is -1.87. The molecule has 0 unspecified atom stereocenters. The van der Waals surface area contributed by atoms with E-state index in [9.17, 15) is 4.39 Å². The van der Waals surface area contributed by atoms with Crippen LogP contribution in [-0.4, -0.2) is 0 Å². The average molecular weight is 131 g/mol. The highest BCUT2D eigenvalue weighted by molar-refractivity contribution is 5.16. The summed E-state index contributed by atoms with van der Waals surface area (Å²) < 4.78 is 11.9. The van der Waals surface area contributed by atoms with Crippen LogP contribution < -0.4 is 5.73 Å². The van der Waals surface area contributed by atoms with E-state index in [0.29, 0.717) is 0 Å². The van der Waals surface area contributed by atoms with Crippen molar-refractivity contribution in [2.45, 2.75) is 20.8 Å². The van der Waals surface area contributed by atoms with E-state index in [1.807, 2.05) is 13.8 Å². The lowest BCUT2D eigenvalue weighted by Crippen LogP contribution is -1.93. The van der Waals surface area contributed by atoms with Gasteiger partial charge < -0.3 is 5.73 Å². The van der Waals surface area contributed by atoms with Crippen molar-refractivity contribution in [1.82, 2.24) is 0 Å². The number of nitrogens with two attached hydrogens (primary N) is 1. The monoisotopic (exact) mass is 131 g/mol. The van der Waals surface area contributed by atoms with E-state index in [0.717, 1.165) is 0 Å². The number of halogens is 1. The van der Waals surface area contributed by atoms with Crippen molar-refractivity contribution in [3.63, 3.8) is 0 Å². The van der Waals surface area contributed by atoms with Crippen LogP contribution in [0.1, 0.15) is 20.8 Å². The van der Waals surface area contributed by atoms with E-state index >= 15 is 0 Å². The lowest BCUT2D eigenvalue weighted by atomic mass is 10.4. The molecule has 54 valence electrons. The Morgan fingerprint density at radius 1 is 1.56 bits per heavy atom. The Kier molecular flexibility index (Phi) is 8.87. The molecule has 0 saturated carbocycles. The van der Waals surface area contributed by atoms with Crippen LogP contribution in [-0.2, 0) is 0 Å². The van der Waals surface area contributed by atoms with E-state index in [1.54, 1.807) is 6.92 Å². The number of hydrogen-bond donors (Lipinski definition) is 1. The molecule has 0 aliphatic heterocycles. The van der Waals surface area contributed by atoms with E-state index in [-0.39, 0.29) is 5.70 Å². The fourth-order valence-electron chi connectivity index (χ4n) is 0.185. The minimum Gasteiger partial charge on any atom is -0.397 e. The van der Waals surface area contributed by atoms with Gasteiger partial charge >= 0.3 is 0 Å². The standard InChI is InChI=1S/C5H8FN.C2H6/c1-3-5(6)4(2)7;1-2/h3H,2,7H2,1H3;1-2H3/b5-3+;. The van der Waals surface area contributed by atoms with Gasteiger partial charge in [-0.2, -0.15) is 0 Å². The van der Waals surface area contributed by atoms with Crippen molar-refractivity contribution in [3.05, 3.63) is 24.2 Å². The number of rotatable bonds is 1. The molecule has 0 aromatic carbocycles. The Bertz CT molecular complexity index is 105. The summed E-state index contributed by atoms with van der Waals surface area (Å²) in [5.74, 6) is -0.444. The first-order valence-electron chi connectivity index (χ1n) is 2.95. The summed E-state index contributed by atoms with van der Waals surface area (Å²) in [6.07, 6.45) is 1.27. The van der Waals surface area contributed by atoms with Crippen molar-refractivity contribution < 1.29 is 4.39 Å². The molecular formula is C7H14FN. The second-order valence-electron chi connectivity index (χ2n) is 1.16. The van der Waals surface area contributed by atoms with Gasteiger partial charge in [-0.05, 0) is 13.0 Å². The minimum atomic E-state index is -0.444. The Morgan fingerprint density at radius 3 is 1.89 bits per heavy atom. The summed E-state index contributed by atoms with van der Waals surface area (Å²) in [5, 5.41) is 0. The molecule has 0 aromatic rings. The first-order valence-corrected chi connectivity index (χ1v) is 2.95. The summed E-state index contributed by atoms with van der Waals surface area (Å²) in [4.78, 5) is 0. The predicted octanol–water partition coefficient (Wildman–Crippen LogP) is 2.36. The normalized spacial score (nSPS) is 9.56. The molecule has 0 radical (unpaired) electrons. The van der Waals surface area contributed by atoms with Crippen molar-refractivity contribution in [1.29, 1.82) is 0 Å². The van der Waals surface area contributed by atoms with E-state index in [2.05, 4.69) is 6.58 Å². The molecule has 0 heterocycles. The van der Waals surface area contributed by atoms with Gasteiger partial charge in [0.15, 0.2) is 0 Å². The summed E-state index contributed by atoms with van der Waals surface area (Å²) in [7, 11) is 0. The smallest absolute Gasteiger partial charge is 0.141 e. The molecule has 0 rings (SSSR count). The van der Waals surface area contributed by atoms with Gasteiger partial charge in [-0.25, -0.2) is 4.39 Å². The highest BCUT2D eigenvalue weighted by Gasteiger charge is 1.88. The van der Waals surface area contributed by atoms with Crippen molar-refractivity contribution in [2.75, 3.05) is 0 Å². The quantitative estimate of drug-likeness (QED) is 0.543. The lowest BCUT2D eigenvalue weighted by molar-refractivity contribution is 0.647. The zero-order valence-corrected chi connectivity index (χ0v) is 6.24. The number of hydrogen-bond acceptors (Lipinski definition) is 1. The van der Waals surface area contributed by atoms with Crippen LogP contribution in [0.5, 0.6) is 0 Å². The van der Waals surface area contributed by atoms with Crippen LogP contribution >= 0.6 is 0 Å². The van der Waals surface area contributed by atoms with Gasteiger partial charge in [0.25, 0.3) is 0 Å². The molecule has 0 aliphatic rings. The zero-order valence-electron chi connectivity index (χ0n) is 6.24. The van der Waals surface area contributed by atoms with Gasteiger partial charge in [0.1, 0.15) is 5.83 Å². The molecule has 0 spiro atoms. The summed E-state index contributed by atoms with van der Waals surface area (Å²) >= 11 is 0. The summed E-state index contributed by atoms with van der Waals surface area (Å²) in [6.45, 7) is 8.72. The van der Waals surface area contributed by atoms with Gasteiger partial charge in [0, 0.05) is 0 Å². The molecule has 1 nitrogen and oxygen atoms in total. The van der Waals surface area contributed by atoms with Crippen LogP contribution in [0.15, 0.2) is 24.2 Å². The van der Waals surface area contributed by atoms with Gasteiger partial charge in [0.2, 0.25) is 0 Å². The maximum atomic E-state index is 11.9. The molecule has 0 amide bonds. The molecule has 0 aliphatic carbocycles. The third-order valence-corrected chi connectivity index (χ3v) is 0.560. The van der Waals surface area contributed by atoms with Crippen LogP contribution in [0.25, 0.3) is 0 Å². The highest BCUT2D eigenvalue weighted by atomic mass is 19.1. The molecule has 0 aromatic heterocycles. The third-order valence-electron chi connectivity index (χ3n) is 0.560. The second-order valence-corrected chi connectivity index (χ2v) is 1.16. The van der Waals surface area contributed by atoms with Crippen LogP contribution in [0, 0.1) is 0 Å². The fourth-order valence-corrected chi connectivity index (χ4v) is 0.185. The van der Waals surface area contributed by atoms with Gasteiger partial charge in [-0.15, -0.1) is 0 Å². The molecule has 0 fully saturated rings. The average Bonchev–Trinajstić information content (AvgIpc) is 1.91. The molecule has 9 heavy (non-hydrogen) atoms. The van der Waals surface area contributed by atoms with E-state index < -0.39 is 5.83 Å². The summed E-state index contributed by atoms with van der Waals surface area (Å²) in [6, 6.07) is 0. The van der Waals surface area contributed by atoms with Crippen molar-refractivity contribution >= 4 is 0 Å². The Labute approximate surface area is 56.1 Å². The third kappa shape index (κ3) is 7.21. The second kappa shape index (κ2) is 7.21. The fraction of sp³-hybridized carbons (Fsp3) is 0.429. The Morgan fingerprint density at radius 2 is 1.89 bits per heavy atom. The van der Waals surface area contributed by atoms with Crippen LogP contribution in [0.3, 0.4) is 0 Å². The highest BCUT2D eigenvalue weighted by Crippen LogP contribution is 1.99. The SMILES string of the molecule is C=C(N)/C(F)=C\C.CC. The summed E-state index contributed by atoms with van der Waals surface area (Å²) in [5.41, 5.74) is 4.90. The van der Waals surface area contributed by atoms with Crippen LogP contribution in [0.4, 0.5) is 4.39 Å². The molecule has 0 bridgehead atoms. The number of allylic oxidation sites excluding steroid dienone is 2. The Balaban J connectivity index is 0. The topological polar surface area (TPSA) is 26.0 Å². The van der Waals surface area contributed by atoms with Crippen molar-refractivity contribution in [3.8, 4) is 0 Å². The van der Waals surface area contributed by atoms with Gasteiger partial charge in [0.05, 0.1) is 5.70 Å². The minimum absolute atomic E-state index is 0.0116. The maximum absolute atomic E-state index is 11.9. The molecule has 2 heteroatoms. The maximum Gasteiger partial charge on any atom is 0.141 e. The first kappa shape index (κ1) is 11.1. The van der Waals surface area contributed by atoms with E-state index in [1.165, 1.54) is 6.08 Å².